The van der Waals surface area contributed by atoms with Crippen LogP contribution < -0.4 is 10.6 Å². The first-order valence-electron chi connectivity index (χ1n) is 13.1. The molecule has 1 aromatic carbocycles. The highest BCUT2D eigenvalue weighted by Gasteiger charge is 2.39. The largest absolute Gasteiger partial charge is 0.444 e. The predicted octanol–water partition coefficient (Wildman–Crippen LogP) is 5.83. The van der Waals surface area contributed by atoms with Gasteiger partial charge >= 0.3 is 6.09 Å². The Morgan fingerprint density at radius 1 is 0.944 bits per heavy atom. The Balaban J connectivity index is 3.63. The van der Waals surface area contributed by atoms with Crippen LogP contribution in [0.25, 0.3) is 0 Å². The summed E-state index contributed by atoms with van der Waals surface area (Å²) in [7, 11) is 0. The number of nitrogens with one attached hydrogen (secondary N) is 2. The highest BCUT2D eigenvalue weighted by atomic mass is 16.6. The first kappa shape index (κ1) is 31.5. The molecule has 7 heteroatoms. The van der Waals surface area contributed by atoms with Crippen molar-refractivity contribution >= 4 is 17.9 Å². The van der Waals surface area contributed by atoms with Crippen molar-refractivity contribution < 1.29 is 19.1 Å². The number of carbonyl (C=O) groups excluding carboxylic acids is 3. The molecule has 0 aromatic heterocycles. The summed E-state index contributed by atoms with van der Waals surface area (Å²) in [5.41, 5.74) is 1.61. The highest BCUT2D eigenvalue weighted by Crippen LogP contribution is 2.29. The summed E-state index contributed by atoms with van der Waals surface area (Å²) in [6.07, 6.45) is 0.426. The maximum absolute atomic E-state index is 14.2. The number of ether oxygens (including phenoxy) is 1. The molecule has 0 spiro atoms. The third kappa shape index (κ3) is 10.2. The summed E-state index contributed by atoms with van der Waals surface area (Å²) in [5, 5.41) is 5.87. The Morgan fingerprint density at radius 3 is 1.89 bits per heavy atom. The van der Waals surface area contributed by atoms with Gasteiger partial charge in [0.25, 0.3) is 0 Å². The lowest BCUT2D eigenvalue weighted by atomic mass is 9.94. The van der Waals surface area contributed by atoms with E-state index in [2.05, 4.69) is 10.6 Å². The number of aryl methyl sites for hydroxylation is 2. The van der Waals surface area contributed by atoms with Crippen LogP contribution in [0.5, 0.6) is 0 Å². The van der Waals surface area contributed by atoms with E-state index in [0.717, 1.165) is 16.7 Å². The van der Waals surface area contributed by atoms with Crippen molar-refractivity contribution in [1.29, 1.82) is 0 Å². The third-order valence-corrected chi connectivity index (χ3v) is 5.60. The topological polar surface area (TPSA) is 87.7 Å². The molecule has 204 valence electrons. The van der Waals surface area contributed by atoms with Crippen LogP contribution in [0.3, 0.4) is 0 Å². The first-order chi connectivity index (χ1) is 16.3. The van der Waals surface area contributed by atoms with Crippen molar-refractivity contribution in [2.45, 2.75) is 125 Å². The molecule has 3 amide bonds. The van der Waals surface area contributed by atoms with Gasteiger partial charge in [-0.05, 0) is 86.6 Å². The number of hydrogen-bond donors (Lipinski definition) is 2. The number of carbonyl (C=O) groups is 3. The second-order valence-corrected chi connectivity index (χ2v) is 12.4. The zero-order valence-electron chi connectivity index (χ0n) is 24.5. The summed E-state index contributed by atoms with van der Waals surface area (Å²) in [4.78, 5) is 42.3. The van der Waals surface area contributed by atoms with Gasteiger partial charge in [-0.1, -0.05) is 50.1 Å². The van der Waals surface area contributed by atoms with Crippen LogP contribution in [0.2, 0.25) is 0 Å². The van der Waals surface area contributed by atoms with Gasteiger partial charge in [0.05, 0.1) is 0 Å². The van der Waals surface area contributed by atoms with Gasteiger partial charge in [0.1, 0.15) is 17.7 Å². The van der Waals surface area contributed by atoms with Gasteiger partial charge in [-0.15, -0.1) is 0 Å². The summed E-state index contributed by atoms with van der Waals surface area (Å²) in [6.45, 7) is 23.0. The van der Waals surface area contributed by atoms with E-state index in [1.165, 1.54) is 0 Å². The SMILES string of the molecule is CCC(C)N(C(=O)C(CC(C)C)NC(=O)OC(C)(C)C)C(C(=O)NC(C)(C)C)c1cc(C)cc(C)c1. The monoisotopic (exact) mass is 503 g/mol. The molecule has 0 aliphatic heterocycles. The van der Waals surface area contributed by atoms with E-state index in [1.54, 1.807) is 25.7 Å². The molecule has 0 radical (unpaired) electrons. The van der Waals surface area contributed by atoms with E-state index >= 15 is 0 Å². The summed E-state index contributed by atoms with van der Waals surface area (Å²) < 4.78 is 5.46. The lowest BCUT2D eigenvalue weighted by Crippen LogP contribution is -2.57. The Kier molecular flexibility index (Phi) is 11.0. The van der Waals surface area contributed by atoms with Crippen molar-refractivity contribution in [3.05, 3.63) is 34.9 Å². The normalized spacial score (nSPS) is 14.6. The summed E-state index contributed by atoms with van der Waals surface area (Å²) in [5.74, 6) is -0.408. The minimum Gasteiger partial charge on any atom is -0.444 e. The fourth-order valence-corrected chi connectivity index (χ4v) is 4.16. The van der Waals surface area contributed by atoms with Gasteiger partial charge in [0.15, 0.2) is 0 Å². The Hall–Kier alpha value is -2.57. The van der Waals surface area contributed by atoms with Gasteiger partial charge in [0, 0.05) is 11.6 Å². The number of benzene rings is 1. The molecule has 1 rings (SSSR count). The standard InChI is InChI=1S/C29H49N3O4/c1-13-21(6)32(26(34)23(14-18(2)3)30-27(35)36-29(10,11)12)24(25(33)31-28(7,8)9)22-16-19(4)15-20(5)17-22/h15-18,21,23-24H,13-14H2,1-12H3,(H,30,35)(H,31,33). The molecule has 7 nitrogen and oxygen atoms in total. The van der Waals surface area contributed by atoms with Crippen LogP contribution in [-0.4, -0.2) is 46.0 Å². The van der Waals surface area contributed by atoms with Crippen molar-refractivity contribution in [1.82, 2.24) is 15.5 Å². The van der Waals surface area contributed by atoms with Crippen molar-refractivity contribution in [3.8, 4) is 0 Å². The van der Waals surface area contributed by atoms with Crippen molar-refractivity contribution in [2.24, 2.45) is 5.92 Å². The predicted molar refractivity (Wildman–Crippen MR) is 146 cm³/mol. The van der Waals surface area contributed by atoms with E-state index in [-0.39, 0.29) is 23.8 Å². The number of nitrogens with zero attached hydrogens (tertiary/aromatic N) is 1. The fraction of sp³-hybridized carbons (Fsp3) is 0.690. The van der Waals surface area contributed by atoms with Gasteiger partial charge in [-0.2, -0.15) is 0 Å². The second kappa shape index (κ2) is 12.6. The van der Waals surface area contributed by atoms with E-state index in [1.807, 2.05) is 80.5 Å². The Morgan fingerprint density at radius 2 is 1.47 bits per heavy atom. The molecule has 0 heterocycles. The lowest BCUT2D eigenvalue weighted by molar-refractivity contribution is -0.146. The Bertz CT molecular complexity index is 892. The molecular weight excluding hydrogens is 454 g/mol. The fourth-order valence-electron chi connectivity index (χ4n) is 4.16. The summed E-state index contributed by atoms with van der Waals surface area (Å²) >= 11 is 0. The highest BCUT2D eigenvalue weighted by molar-refractivity contribution is 5.92. The number of hydrogen-bond acceptors (Lipinski definition) is 4. The molecule has 3 unspecified atom stereocenters. The first-order valence-corrected chi connectivity index (χ1v) is 13.1. The smallest absolute Gasteiger partial charge is 0.408 e. The Labute approximate surface area is 218 Å². The lowest BCUT2D eigenvalue weighted by Gasteiger charge is -2.39. The molecule has 0 aliphatic rings. The number of rotatable bonds is 9. The molecule has 3 atom stereocenters. The van der Waals surface area contributed by atoms with Crippen molar-refractivity contribution in [3.63, 3.8) is 0 Å². The van der Waals surface area contributed by atoms with Crippen LogP contribution in [0.15, 0.2) is 18.2 Å². The number of amides is 3. The maximum Gasteiger partial charge on any atom is 0.408 e. The van der Waals surface area contributed by atoms with Gasteiger partial charge in [-0.25, -0.2) is 4.79 Å². The quantitative estimate of drug-likeness (QED) is 0.444. The molecule has 0 aliphatic carbocycles. The zero-order chi connectivity index (χ0) is 28.0. The zero-order valence-corrected chi connectivity index (χ0v) is 24.5. The van der Waals surface area contributed by atoms with Crippen LogP contribution in [-0.2, 0) is 14.3 Å². The molecule has 0 saturated heterocycles. The minimum atomic E-state index is -0.847. The molecule has 36 heavy (non-hydrogen) atoms. The molecule has 0 bridgehead atoms. The van der Waals surface area contributed by atoms with Crippen molar-refractivity contribution in [2.75, 3.05) is 0 Å². The molecule has 0 saturated carbocycles. The van der Waals surface area contributed by atoms with Gasteiger partial charge < -0.3 is 20.3 Å². The van der Waals surface area contributed by atoms with Crippen LogP contribution >= 0.6 is 0 Å². The maximum atomic E-state index is 14.2. The van der Waals surface area contributed by atoms with E-state index in [4.69, 9.17) is 4.74 Å². The minimum absolute atomic E-state index is 0.135. The van der Waals surface area contributed by atoms with E-state index in [9.17, 15) is 14.4 Å². The average molecular weight is 504 g/mol. The molecule has 0 fully saturated rings. The summed E-state index contributed by atoms with van der Waals surface area (Å²) in [6, 6.07) is 4.04. The van der Waals surface area contributed by atoms with E-state index < -0.39 is 29.3 Å². The second-order valence-electron chi connectivity index (χ2n) is 12.4. The number of alkyl carbamates (subject to hydrolysis) is 1. The molecular formula is C29H49N3O4. The molecule has 1 aromatic rings. The van der Waals surface area contributed by atoms with Crippen LogP contribution in [0.1, 0.15) is 105 Å². The average Bonchev–Trinajstić information content (AvgIpc) is 2.66. The van der Waals surface area contributed by atoms with E-state index in [0.29, 0.717) is 12.8 Å². The van der Waals surface area contributed by atoms with Crippen LogP contribution in [0.4, 0.5) is 4.79 Å². The molecule has 2 N–H and O–H groups in total. The van der Waals surface area contributed by atoms with Gasteiger partial charge in [0.2, 0.25) is 11.8 Å². The van der Waals surface area contributed by atoms with Crippen LogP contribution in [0, 0.1) is 19.8 Å². The van der Waals surface area contributed by atoms with Gasteiger partial charge in [-0.3, -0.25) is 9.59 Å². The third-order valence-electron chi connectivity index (χ3n) is 5.60.